The van der Waals surface area contributed by atoms with E-state index in [1.165, 1.54) is 12.8 Å². The van der Waals surface area contributed by atoms with Crippen LogP contribution in [0.15, 0.2) is 9.41 Å². The molecule has 1 aromatic rings. The van der Waals surface area contributed by atoms with Gasteiger partial charge in [0.15, 0.2) is 5.96 Å². The Balaban J connectivity index is 0.00000180. The number of hydrogen-bond donors (Lipinski definition) is 2. The summed E-state index contributed by atoms with van der Waals surface area (Å²) in [5.74, 6) is 3.22. The lowest BCUT2D eigenvalue weighted by Crippen LogP contribution is -2.38. The van der Waals surface area contributed by atoms with Crippen LogP contribution in [0.2, 0.25) is 0 Å². The molecule has 1 heterocycles. The molecule has 5 nitrogen and oxygen atoms in total. The van der Waals surface area contributed by atoms with Gasteiger partial charge in [0.2, 0.25) is 5.89 Å². The first-order valence-corrected chi connectivity index (χ1v) is 6.64. The zero-order valence-corrected chi connectivity index (χ0v) is 14.2. The molecule has 0 aromatic carbocycles. The lowest BCUT2D eigenvalue weighted by atomic mass is 10.4. The van der Waals surface area contributed by atoms with Crippen molar-refractivity contribution in [2.24, 2.45) is 10.9 Å². The number of aromatic nitrogens is 1. The molecule has 108 valence electrons. The van der Waals surface area contributed by atoms with Crippen molar-refractivity contribution in [1.29, 1.82) is 0 Å². The summed E-state index contributed by atoms with van der Waals surface area (Å²) in [6.07, 6.45) is 2.68. The molecule has 0 unspecified atom stereocenters. The highest BCUT2D eigenvalue weighted by atomic mass is 127. The lowest BCUT2D eigenvalue weighted by Gasteiger charge is -2.09. The molecule has 2 N–H and O–H groups in total. The van der Waals surface area contributed by atoms with Crippen molar-refractivity contribution in [1.82, 2.24) is 15.6 Å². The number of aryl methyl sites for hydroxylation is 2. The number of oxazole rings is 1. The van der Waals surface area contributed by atoms with Crippen LogP contribution in [-0.2, 0) is 6.54 Å². The van der Waals surface area contributed by atoms with E-state index >= 15 is 0 Å². The van der Waals surface area contributed by atoms with Gasteiger partial charge in [-0.15, -0.1) is 24.0 Å². The Bertz CT molecular complexity index is 407. The van der Waals surface area contributed by atoms with Crippen molar-refractivity contribution >= 4 is 29.9 Å². The van der Waals surface area contributed by atoms with E-state index in [1.54, 1.807) is 0 Å². The van der Waals surface area contributed by atoms with Crippen molar-refractivity contribution < 1.29 is 4.42 Å². The molecule has 0 aliphatic heterocycles. The Morgan fingerprint density at radius 1 is 1.37 bits per heavy atom. The van der Waals surface area contributed by atoms with Gasteiger partial charge in [-0.05, 0) is 39.5 Å². The highest BCUT2D eigenvalue weighted by Gasteiger charge is 2.21. The maximum atomic E-state index is 5.51. The molecule has 6 heteroatoms. The molecule has 0 saturated heterocycles. The second kappa shape index (κ2) is 7.72. The van der Waals surface area contributed by atoms with Crippen LogP contribution in [0.5, 0.6) is 0 Å². The van der Waals surface area contributed by atoms with E-state index in [4.69, 9.17) is 4.42 Å². The number of rotatable bonds is 5. The van der Waals surface area contributed by atoms with E-state index in [-0.39, 0.29) is 24.0 Å². The van der Waals surface area contributed by atoms with Crippen LogP contribution < -0.4 is 10.6 Å². The number of halogens is 1. The maximum Gasteiger partial charge on any atom is 0.216 e. The van der Waals surface area contributed by atoms with Gasteiger partial charge in [-0.2, -0.15) is 0 Å². The van der Waals surface area contributed by atoms with Gasteiger partial charge in [-0.25, -0.2) is 9.98 Å². The van der Waals surface area contributed by atoms with Gasteiger partial charge in [-0.3, -0.25) is 0 Å². The van der Waals surface area contributed by atoms with Crippen molar-refractivity contribution in [2.75, 3.05) is 13.1 Å². The van der Waals surface area contributed by atoms with Crippen LogP contribution in [0.4, 0.5) is 0 Å². The average Bonchev–Trinajstić information content (AvgIpc) is 3.11. The number of hydrogen-bond acceptors (Lipinski definition) is 3. The Kier molecular flexibility index (Phi) is 6.60. The number of nitrogens with one attached hydrogen (secondary N) is 2. The van der Waals surface area contributed by atoms with Gasteiger partial charge in [0.05, 0.1) is 5.69 Å². The molecule has 0 atom stereocenters. The Morgan fingerprint density at radius 2 is 2.11 bits per heavy atom. The summed E-state index contributed by atoms with van der Waals surface area (Å²) in [6, 6.07) is 0. The molecule has 0 radical (unpaired) electrons. The fourth-order valence-electron chi connectivity index (χ4n) is 1.66. The predicted molar refractivity (Wildman–Crippen MR) is 86.9 cm³/mol. The smallest absolute Gasteiger partial charge is 0.216 e. The Hall–Kier alpha value is -0.790. The minimum absolute atomic E-state index is 0. The lowest BCUT2D eigenvalue weighted by molar-refractivity contribution is 0.472. The summed E-state index contributed by atoms with van der Waals surface area (Å²) >= 11 is 0. The van der Waals surface area contributed by atoms with E-state index in [2.05, 4.69) is 27.5 Å². The second-order valence-electron chi connectivity index (χ2n) is 4.77. The van der Waals surface area contributed by atoms with Crippen molar-refractivity contribution in [3.8, 4) is 0 Å². The quantitative estimate of drug-likeness (QED) is 0.469. The van der Waals surface area contributed by atoms with E-state index in [0.717, 1.165) is 36.4 Å². The molecule has 0 spiro atoms. The normalized spacial score (nSPS) is 15.0. The Morgan fingerprint density at radius 3 is 2.63 bits per heavy atom. The zero-order chi connectivity index (χ0) is 13.0. The van der Waals surface area contributed by atoms with Crippen LogP contribution in [0.3, 0.4) is 0 Å². The molecule has 1 saturated carbocycles. The van der Waals surface area contributed by atoms with E-state index < -0.39 is 0 Å². The molecule has 19 heavy (non-hydrogen) atoms. The SMILES string of the molecule is CCNC(=NCc1nc(C)c(C)o1)NCC1CC1.I. The largest absolute Gasteiger partial charge is 0.444 e. The van der Waals surface area contributed by atoms with Crippen LogP contribution in [0.25, 0.3) is 0 Å². The zero-order valence-electron chi connectivity index (χ0n) is 11.8. The number of aliphatic imine (C=N–C) groups is 1. The van der Waals surface area contributed by atoms with Crippen molar-refractivity contribution in [3.05, 3.63) is 17.3 Å². The third kappa shape index (κ3) is 5.38. The van der Waals surface area contributed by atoms with Crippen LogP contribution in [-0.4, -0.2) is 24.0 Å². The first-order valence-electron chi connectivity index (χ1n) is 6.64. The minimum atomic E-state index is 0. The van der Waals surface area contributed by atoms with Crippen LogP contribution >= 0.6 is 24.0 Å². The average molecular weight is 378 g/mol. The summed E-state index contributed by atoms with van der Waals surface area (Å²) in [7, 11) is 0. The van der Waals surface area contributed by atoms with Gasteiger partial charge in [0, 0.05) is 13.1 Å². The molecular formula is C13H23IN4O. The van der Waals surface area contributed by atoms with Crippen LogP contribution in [0, 0.1) is 19.8 Å². The molecule has 1 aromatic heterocycles. The van der Waals surface area contributed by atoms with Crippen molar-refractivity contribution in [2.45, 2.75) is 40.2 Å². The minimum Gasteiger partial charge on any atom is -0.444 e. The number of nitrogens with zero attached hydrogens (tertiary/aromatic N) is 2. The first kappa shape index (κ1) is 16.3. The highest BCUT2D eigenvalue weighted by Crippen LogP contribution is 2.27. The molecule has 0 bridgehead atoms. The fraction of sp³-hybridized carbons (Fsp3) is 0.692. The monoisotopic (exact) mass is 378 g/mol. The molecule has 2 rings (SSSR count). The second-order valence-corrected chi connectivity index (χ2v) is 4.77. The van der Waals surface area contributed by atoms with Gasteiger partial charge < -0.3 is 15.1 Å². The van der Waals surface area contributed by atoms with Gasteiger partial charge in [0.1, 0.15) is 12.3 Å². The maximum absolute atomic E-state index is 5.51. The molecule has 1 aliphatic rings. The summed E-state index contributed by atoms with van der Waals surface area (Å²) in [6.45, 7) is 8.28. The highest BCUT2D eigenvalue weighted by molar-refractivity contribution is 14.0. The summed E-state index contributed by atoms with van der Waals surface area (Å²) < 4.78 is 5.51. The third-order valence-electron chi connectivity index (χ3n) is 3.04. The molecule has 1 fully saturated rings. The topological polar surface area (TPSA) is 62.5 Å². The summed E-state index contributed by atoms with van der Waals surface area (Å²) in [5, 5.41) is 6.57. The summed E-state index contributed by atoms with van der Waals surface area (Å²) in [5.41, 5.74) is 0.941. The first-order chi connectivity index (χ1) is 8.69. The molecular weight excluding hydrogens is 355 g/mol. The predicted octanol–water partition coefficient (Wildman–Crippen LogP) is 2.37. The molecule has 1 aliphatic carbocycles. The Labute approximate surface area is 131 Å². The van der Waals surface area contributed by atoms with Gasteiger partial charge in [-0.1, -0.05) is 0 Å². The van der Waals surface area contributed by atoms with Gasteiger partial charge in [0.25, 0.3) is 0 Å². The standard InChI is InChI=1S/C13H22N4O.HI/c1-4-14-13(15-7-11-5-6-11)16-8-12-17-9(2)10(3)18-12;/h11H,4-8H2,1-3H3,(H2,14,15,16);1H. The van der Waals surface area contributed by atoms with Crippen LogP contribution in [0.1, 0.15) is 37.1 Å². The van der Waals surface area contributed by atoms with Gasteiger partial charge >= 0.3 is 0 Å². The van der Waals surface area contributed by atoms with E-state index in [1.807, 2.05) is 13.8 Å². The summed E-state index contributed by atoms with van der Waals surface area (Å²) in [4.78, 5) is 8.80. The number of guanidine groups is 1. The third-order valence-corrected chi connectivity index (χ3v) is 3.04. The van der Waals surface area contributed by atoms with E-state index in [9.17, 15) is 0 Å². The fourth-order valence-corrected chi connectivity index (χ4v) is 1.66. The van der Waals surface area contributed by atoms with E-state index in [0.29, 0.717) is 12.4 Å². The van der Waals surface area contributed by atoms with Crippen molar-refractivity contribution in [3.63, 3.8) is 0 Å². The molecule has 0 amide bonds.